The van der Waals surface area contributed by atoms with E-state index in [1.54, 1.807) is 45.0 Å². The van der Waals surface area contributed by atoms with Crippen LogP contribution in [0.3, 0.4) is 0 Å². The molecule has 0 heterocycles. The molecule has 0 aromatic heterocycles. The number of nitrogens with one attached hydrogen (secondary N) is 1. The number of para-hydroxylation sites is 1. The fraction of sp³-hybridized carbons (Fsp3) is 0.278. The molecule has 2 aromatic carbocycles. The van der Waals surface area contributed by atoms with Gasteiger partial charge in [0.2, 0.25) is 0 Å². The summed E-state index contributed by atoms with van der Waals surface area (Å²) in [5.74, 6) is 0. The first-order valence-electron chi connectivity index (χ1n) is 7.59. The van der Waals surface area contributed by atoms with Crippen LogP contribution in [0.5, 0.6) is 0 Å². The fourth-order valence-corrected chi connectivity index (χ4v) is 3.08. The number of sulfonamides is 1. The Kier molecular flexibility index (Phi) is 4.99. The van der Waals surface area contributed by atoms with E-state index in [0.29, 0.717) is 11.3 Å². The number of hydrogen-bond acceptors (Lipinski definition) is 3. The lowest BCUT2D eigenvalue weighted by Crippen LogP contribution is -2.29. The zero-order valence-corrected chi connectivity index (χ0v) is 15.1. The zero-order valence-electron chi connectivity index (χ0n) is 14.3. The van der Waals surface area contributed by atoms with Crippen LogP contribution in [0.2, 0.25) is 0 Å². The Morgan fingerprint density at radius 3 is 2.17 bits per heavy atom. The Labute approximate surface area is 143 Å². The van der Waals surface area contributed by atoms with Gasteiger partial charge >= 0.3 is 0 Å². The van der Waals surface area contributed by atoms with Crippen LogP contribution in [-0.2, 0) is 10.0 Å². The van der Waals surface area contributed by atoms with Gasteiger partial charge in [0.15, 0.2) is 11.8 Å². The standard InChI is InChI=1S/C18H22N2O3S/c1-14-7-5-6-8-17(14)19-24(22,23)16-11-9-15(10-12-16)13-20(21)18(2,3)4/h5-13,19H,1-4H3. The Hall–Kier alpha value is -2.34. The molecule has 0 saturated heterocycles. The molecule has 0 saturated carbocycles. The third-order valence-corrected chi connectivity index (χ3v) is 4.89. The summed E-state index contributed by atoms with van der Waals surface area (Å²) in [6.07, 6.45) is 1.45. The van der Waals surface area contributed by atoms with Crippen molar-refractivity contribution in [3.8, 4) is 0 Å². The van der Waals surface area contributed by atoms with Gasteiger partial charge < -0.3 is 5.21 Å². The minimum Gasteiger partial charge on any atom is -0.623 e. The molecule has 0 unspecified atom stereocenters. The molecule has 1 N–H and O–H groups in total. The molecule has 0 spiro atoms. The molecule has 2 aromatic rings. The van der Waals surface area contributed by atoms with Crippen molar-refractivity contribution in [1.82, 2.24) is 0 Å². The smallest absolute Gasteiger partial charge is 0.261 e. The third kappa shape index (κ3) is 4.35. The van der Waals surface area contributed by atoms with Crippen molar-refractivity contribution in [2.75, 3.05) is 4.72 Å². The van der Waals surface area contributed by atoms with Gasteiger partial charge in [-0.05, 0) is 42.8 Å². The summed E-state index contributed by atoms with van der Waals surface area (Å²) >= 11 is 0. The van der Waals surface area contributed by atoms with Crippen LogP contribution in [0.4, 0.5) is 5.69 Å². The first-order valence-corrected chi connectivity index (χ1v) is 9.08. The van der Waals surface area contributed by atoms with Crippen LogP contribution >= 0.6 is 0 Å². The van der Waals surface area contributed by atoms with Crippen molar-refractivity contribution in [1.29, 1.82) is 0 Å². The molecule has 6 heteroatoms. The molecule has 128 valence electrons. The molecule has 0 fully saturated rings. The van der Waals surface area contributed by atoms with Crippen LogP contribution in [0.1, 0.15) is 31.9 Å². The largest absolute Gasteiger partial charge is 0.623 e. The second-order valence-electron chi connectivity index (χ2n) is 6.62. The maximum Gasteiger partial charge on any atom is 0.261 e. The molecule has 0 bridgehead atoms. The number of anilines is 1. The van der Waals surface area contributed by atoms with Crippen LogP contribution in [-0.4, -0.2) is 24.9 Å². The molecule has 0 aliphatic heterocycles. The minimum atomic E-state index is -3.67. The Bertz CT molecular complexity index is 849. The van der Waals surface area contributed by atoms with Gasteiger partial charge in [-0.25, -0.2) is 13.2 Å². The summed E-state index contributed by atoms with van der Waals surface area (Å²) in [6, 6.07) is 13.4. The topological polar surface area (TPSA) is 72.2 Å². The van der Waals surface area contributed by atoms with Gasteiger partial charge in [0.05, 0.1) is 10.6 Å². The average Bonchev–Trinajstić information content (AvgIpc) is 2.49. The van der Waals surface area contributed by atoms with E-state index >= 15 is 0 Å². The molecular weight excluding hydrogens is 324 g/mol. The van der Waals surface area contributed by atoms with Crippen molar-refractivity contribution in [2.24, 2.45) is 0 Å². The van der Waals surface area contributed by atoms with Gasteiger partial charge in [0, 0.05) is 26.3 Å². The number of aryl methyl sites for hydroxylation is 1. The van der Waals surface area contributed by atoms with E-state index in [0.717, 1.165) is 10.3 Å². The molecule has 0 amide bonds. The highest BCUT2D eigenvalue weighted by Crippen LogP contribution is 2.19. The van der Waals surface area contributed by atoms with E-state index in [1.807, 2.05) is 19.1 Å². The van der Waals surface area contributed by atoms with Gasteiger partial charge in [-0.3, -0.25) is 4.72 Å². The summed E-state index contributed by atoms with van der Waals surface area (Å²) in [5.41, 5.74) is 1.50. The van der Waals surface area contributed by atoms with Gasteiger partial charge in [-0.1, -0.05) is 18.2 Å². The van der Waals surface area contributed by atoms with E-state index in [2.05, 4.69) is 4.72 Å². The monoisotopic (exact) mass is 346 g/mol. The van der Waals surface area contributed by atoms with Gasteiger partial charge in [0.1, 0.15) is 0 Å². The van der Waals surface area contributed by atoms with E-state index in [4.69, 9.17) is 0 Å². The highest BCUT2D eigenvalue weighted by molar-refractivity contribution is 7.92. The van der Waals surface area contributed by atoms with Gasteiger partial charge in [-0.15, -0.1) is 0 Å². The summed E-state index contributed by atoms with van der Waals surface area (Å²) in [5, 5.41) is 11.9. The van der Waals surface area contributed by atoms with E-state index < -0.39 is 15.6 Å². The Morgan fingerprint density at radius 1 is 1.04 bits per heavy atom. The first-order chi connectivity index (χ1) is 11.1. The number of benzene rings is 2. The second-order valence-corrected chi connectivity index (χ2v) is 8.30. The fourth-order valence-electron chi connectivity index (χ4n) is 1.95. The van der Waals surface area contributed by atoms with Crippen molar-refractivity contribution in [3.63, 3.8) is 0 Å². The first kappa shape index (κ1) is 18.0. The molecule has 24 heavy (non-hydrogen) atoms. The van der Waals surface area contributed by atoms with Crippen LogP contribution in [0.15, 0.2) is 53.4 Å². The quantitative estimate of drug-likeness (QED) is 0.398. The molecule has 5 nitrogen and oxygen atoms in total. The Morgan fingerprint density at radius 2 is 1.62 bits per heavy atom. The molecule has 2 rings (SSSR count). The molecule has 0 aliphatic rings. The van der Waals surface area contributed by atoms with Crippen molar-refractivity contribution in [3.05, 3.63) is 64.9 Å². The maximum absolute atomic E-state index is 12.5. The summed E-state index contributed by atoms with van der Waals surface area (Å²) in [4.78, 5) is 0.149. The summed E-state index contributed by atoms with van der Waals surface area (Å²) < 4.78 is 28.3. The minimum absolute atomic E-state index is 0.149. The lowest BCUT2D eigenvalue weighted by molar-refractivity contribution is -0.530. The highest BCUT2D eigenvalue weighted by atomic mass is 32.2. The second kappa shape index (κ2) is 6.65. The molecule has 0 aliphatic carbocycles. The summed E-state index contributed by atoms with van der Waals surface area (Å²) in [6.45, 7) is 7.26. The molecular formula is C18H22N2O3S. The third-order valence-electron chi connectivity index (χ3n) is 3.51. The normalized spacial score (nSPS) is 12.9. The van der Waals surface area contributed by atoms with E-state index in [-0.39, 0.29) is 4.90 Å². The number of hydrogen-bond donors (Lipinski definition) is 1. The number of rotatable bonds is 4. The predicted molar refractivity (Wildman–Crippen MR) is 97.0 cm³/mol. The lowest BCUT2D eigenvalue weighted by atomic mass is 10.1. The van der Waals surface area contributed by atoms with Crippen LogP contribution in [0.25, 0.3) is 0 Å². The van der Waals surface area contributed by atoms with Crippen molar-refractivity contribution < 1.29 is 13.2 Å². The van der Waals surface area contributed by atoms with Crippen molar-refractivity contribution >= 4 is 21.9 Å². The number of hydroxylamine groups is 1. The van der Waals surface area contributed by atoms with Crippen LogP contribution in [0, 0.1) is 12.1 Å². The SMILES string of the molecule is Cc1ccccc1NS(=O)(=O)c1ccc(C=[N+]([O-])C(C)(C)C)cc1. The predicted octanol–water partition coefficient (Wildman–Crippen LogP) is 3.52. The highest BCUT2D eigenvalue weighted by Gasteiger charge is 2.19. The molecule has 0 radical (unpaired) electrons. The lowest BCUT2D eigenvalue weighted by Gasteiger charge is -2.18. The Balaban J connectivity index is 2.25. The average molecular weight is 346 g/mol. The molecule has 0 atom stereocenters. The van der Waals surface area contributed by atoms with Gasteiger partial charge in [0.25, 0.3) is 10.0 Å². The van der Waals surface area contributed by atoms with E-state index in [9.17, 15) is 13.6 Å². The van der Waals surface area contributed by atoms with Gasteiger partial charge in [-0.2, -0.15) is 0 Å². The zero-order chi connectivity index (χ0) is 18.0. The summed E-state index contributed by atoms with van der Waals surface area (Å²) in [7, 11) is -3.67. The van der Waals surface area contributed by atoms with Crippen LogP contribution < -0.4 is 4.72 Å². The maximum atomic E-state index is 12.5. The number of nitrogens with zero attached hydrogens (tertiary/aromatic N) is 1. The van der Waals surface area contributed by atoms with E-state index in [1.165, 1.54) is 18.3 Å². The van der Waals surface area contributed by atoms with Crippen molar-refractivity contribution in [2.45, 2.75) is 38.1 Å².